The van der Waals surface area contributed by atoms with Crippen LogP contribution in [-0.4, -0.2) is 6.54 Å². The van der Waals surface area contributed by atoms with Gasteiger partial charge in [0.15, 0.2) is 0 Å². The van der Waals surface area contributed by atoms with Gasteiger partial charge in [0.1, 0.15) is 0 Å². The van der Waals surface area contributed by atoms with Gasteiger partial charge in [0.25, 0.3) is 0 Å². The number of rotatable bonds is 2. The van der Waals surface area contributed by atoms with E-state index in [0.29, 0.717) is 0 Å². The monoisotopic (exact) mass is 179 g/mol. The molecule has 0 amide bonds. The molecule has 1 nitrogen and oxygen atoms in total. The number of hydrogen-bond donors (Lipinski definition) is 1. The van der Waals surface area contributed by atoms with Crippen LogP contribution in [0.3, 0.4) is 0 Å². The fourth-order valence-electron chi connectivity index (χ4n) is 1.28. The molecule has 1 aromatic carbocycles. The zero-order chi connectivity index (χ0) is 10.3. The normalized spacial score (nSPS) is 8.69. The van der Waals surface area contributed by atoms with Crippen LogP contribution >= 0.6 is 0 Å². The van der Waals surface area contributed by atoms with E-state index in [-0.39, 0.29) is 0 Å². The highest BCUT2D eigenvalue weighted by Crippen LogP contribution is 2.12. The second kappa shape index (κ2) is 6.53. The van der Waals surface area contributed by atoms with E-state index in [1.165, 1.54) is 16.8 Å². The summed E-state index contributed by atoms with van der Waals surface area (Å²) in [5, 5.41) is 3.29. The van der Waals surface area contributed by atoms with Gasteiger partial charge >= 0.3 is 0 Å². The predicted octanol–water partition coefficient (Wildman–Crippen LogP) is 3.76. The van der Waals surface area contributed by atoms with Gasteiger partial charge < -0.3 is 5.32 Å². The SMILES string of the molecule is CC.CCNc1cc(C)cc(C)c1. The first-order chi connectivity index (χ1) is 6.22. The van der Waals surface area contributed by atoms with Crippen LogP contribution in [0.15, 0.2) is 18.2 Å². The molecule has 0 aromatic heterocycles. The van der Waals surface area contributed by atoms with Crippen LogP contribution in [0, 0.1) is 13.8 Å². The highest BCUT2D eigenvalue weighted by molar-refractivity contribution is 5.48. The van der Waals surface area contributed by atoms with Crippen molar-refractivity contribution in [1.29, 1.82) is 0 Å². The largest absolute Gasteiger partial charge is 0.385 e. The highest BCUT2D eigenvalue weighted by atomic mass is 14.8. The minimum atomic E-state index is 0.989. The first-order valence-corrected chi connectivity index (χ1v) is 5.04. The molecule has 0 aliphatic carbocycles. The molecule has 0 aliphatic rings. The molecule has 74 valence electrons. The summed E-state index contributed by atoms with van der Waals surface area (Å²) >= 11 is 0. The number of benzene rings is 1. The fraction of sp³-hybridized carbons (Fsp3) is 0.500. The van der Waals surface area contributed by atoms with Crippen molar-refractivity contribution in [2.75, 3.05) is 11.9 Å². The molecule has 0 saturated carbocycles. The maximum atomic E-state index is 3.29. The molecule has 0 aliphatic heterocycles. The van der Waals surface area contributed by atoms with E-state index in [1.807, 2.05) is 13.8 Å². The van der Waals surface area contributed by atoms with Crippen molar-refractivity contribution in [2.24, 2.45) is 0 Å². The average molecular weight is 179 g/mol. The van der Waals surface area contributed by atoms with Crippen molar-refractivity contribution in [1.82, 2.24) is 0 Å². The second-order valence-electron chi connectivity index (χ2n) is 2.91. The predicted molar refractivity (Wildman–Crippen MR) is 61.4 cm³/mol. The lowest BCUT2D eigenvalue weighted by molar-refractivity contribution is 1.20. The third-order valence-electron chi connectivity index (χ3n) is 1.60. The lowest BCUT2D eigenvalue weighted by Crippen LogP contribution is -1.96. The van der Waals surface area contributed by atoms with E-state index in [1.54, 1.807) is 0 Å². The van der Waals surface area contributed by atoms with E-state index in [0.717, 1.165) is 6.54 Å². The van der Waals surface area contributed by atoms with Gasteiger partial charge in [-0.15, -0.1) is 0 Å². The molecular weight excluding hydrogens is 158 g/mol. The number of hydrogen-bond acceptors (Lipinski definition) is 1. The summed E-state index contributed by atoms with van der Waals surface area (Å²) in [5.41, 5.74) is 3.87. The van der Waals surface area contributed by atoms with Crippen molar-refractivity contribution in [3.05, 3.63) is 29.3 Å². The first-order valence-electron chi connectivity index (χ1n) is 5.04. The highest BCUT2D eigenvalue weighted by Gasteiger charge is 1.92. The lowest BCUT2D eigenvalue weighted by atomic mass is 10.1. The molecule has 1 heteroatoms. The molecule has 13 heavy (non-hydrogen) atoms. The van der Waals surface area contributed by atoms with Gasteiger partial charge in [-0.25, -0.2) is 0 Å². The van der Waals surface area contributed by atoms with Crippen molar-refractivity contribution in [3.8, 4) is 0 Å². The van der Waals surface area contributed by atoms with Gasteiger partial charge in [-0.05, 0) is 44.0 Å². The zero-order valence-corrected chi connectivity index (χ0v) is 9.44. The molecular formula is C12H21N. The maximum absolute atomic E-state index is 3.29. The van der Waals surface area contributed by atoms with Crippen molar-refractivity contribution >= 4 is 5.69 Å². The number of anilines is 1. The van der Waals surface area contributed by atoms with Crippen LogP contribution in [0.5, 0.6) is 0 Å². The standard InChI is InChI=1S/C10H15N.C2H6/c1-4-11-10-6-8(2)5-9(3)7-10;1-2/h5-7,11H,4H2,1-3H3;1-2H3. The molecule has 1 aromatic rings. The molecule has 0 radical (unpaired) electrons. The Labute approximate surface area is 82.2 Å². The van der Waals surface area contributed by atoms with Crippen LogP contribution in [0.25, 0.3) is 0 Å². The van der Waals surface area contributed by atoms with Crippen LogP contribution in [0.4, 0.5) is 5.69 Å². The first kappa shape index (κ1) is 12.0. The summed E-state index contributed by atoms with van der Waals surface area (Å²) < 4.78 is 0. The van der Waals surface area contributed by atoms with Gasteiger partial charge in [0.2, 0.25) is 0 Å². The Morgan fingerprint density at radius 2 is 1.46 bits per heavy atom. The van der Waals surface area contributed by atoms with Gasteiger partial charge in [-0.1, -0.05) is 19.9 Å². The summed E-state index contributed by atoms with van der Waals surface area (Å²) in [5.74, 6) is 0. The van der Waals surface area contributed by atoms with Crippen LogP contribution < -0.4 is 5.32 Å². The van der Waals surface area contributed by atoms with E-state index in [9.17, 15) is 0 Å². The molecule has 1 N–H and O–H groups in total. The zero-order valence-electron chi connectivity index (χ0n) is 9.44. The fourth-order valence-corrected chi connectivity index (χ4v) is 1.28. The van der Waals surface area contributed by atoms with Gasteiger partial charge in [-0.3, -0.25) is 0 Å². The Hall–Kier alpha value is -0.980. The van der Waals surface area contributed by atoms with E-state index in [4.69, 9.17) is 0 Å². The van der Waals surface area contributed by atoms with E-state index >= 15 is 0 Å². The van der Waals surface area contributed by atoms with Crippen molar-refractivity contribution in [3.63, 3.8) is 0 Å². The Morgan fingerprint density at radius 3 is 1.85 bits per heavy atom. The lowest BCUT2D eigenvalue weighted by Gasteiger charge is -2.05. The number of aryl methyl sites for hydroxylation is 2. The Kier molecular flexibility index (Phi) is 6.03. The van der Waals surface area contributed by atoms with Gasteiger partial charge in [0.05, 0.1) is 0 Å². The quantitative estimate of drug-likeness (QED) is 0.729. The minimum absolute atomic E-state index is 0.989. The second-order valence-corrected chi connectivity index (χ2v) is 2.91. The average Bonchev–Trinajstić information content (AvgIpc) is 2.06. The minimum Gasteiger partial charge on any atom is -0.385 e. The third kappa shape index (κ3) is 4.56. The smallest absolute Gasteiger partial charge is 0.0345 e. The molecule has 1 rings (SSSR count). The van der Waals surface area contributed by atoms with Crippen LogP contribution in [-0.2, 0) is 0 Å². The van der Waals surface area contributed by atoms with Gasteiger partial charge in [-0.2, -0.15) is 0 Å². The van der Waals surface area contributed by atoms with E-state index in [2.05, 4.69) is 44.3 Å². The molecule has 0 bridgehead atoms. The molecule has 0 unspecified atom stereocenters. The third-order valence-corrected chi connectivity index (χ3v) is 1.60. The molecule has 0 spiro atoms. The van der Waals surface area contributed by atoms with Crippen molar-refractivity contribution in [2.45, 2.75) is 34.6 Å². The van der Waals surface area contributed by atoms with E-state index < -0.39 is 0 Å². The Bertz CT molecular complexity index is 221. The topological polar surface area (TPSA) is 12.0 Å². The van der Waals surface area contributed by atoms with Gasteiger partial charge in [0, 0.05) is 12.2 Å². The summed E-state index contributed by atoms with van der Waals surface area (Å²) in [6, 6.07) is 6.51. The molecule has 0 saturated heterocycles. The molecule has 0 fully saturated rings. The van der Waals surface area contributed by atoms with Crippen LogP contribution in [0.1, 0.15) is 31.9 Å². The molecule has 0 atom stereocenters. The summed E-state index contributed by atoms with van der Waals surface area (Å²) in [6.07, 6.45) is 0. The molecule has 0 heterocycles. The van der Waals surface area contributed by atoms with Crippen molar-refractivity contribution < 1.29 is 0 Å². The maximum Gasteiger partial charge on any atom is 0.0345 e. The Morgan fingerprint density at radius 1 is 1.00 bits per heavy atom. The summed E-state index contributed by atoms with van der Waals surface area (Å²) in [7, 11) is 0. The number of nitrogens with one attached hydrogen (secondary N) is 1. The summed E-state index contributed by atoms with van der Waals surface area (Å²) in [6.45, 7) is 11.3. The summed E-state index contributed by atoms with van der Waals surface area (Å²) in [4.78, 5) is 0. The Balaban J connectivity index is 0.000000671. The van der Waals surface area contributed by atoms with Crippen LogP contribution in [0.2, 0.25) is 0 Å².